The van der Waals surface area contributed by atoms with Gasteiger partial charge in [0.15, 0.2) is 0 Å². The molecule has 0 radical (unpaired) electrons. The second-order valence-electron chi connectivity index (χ2n) is 3.65. The minimum atomic E-state index is -0.284. The Labute approximate surface area is 93.0 Å². The molecule has 86 valence electrons. The van der Waals surface area contributed by atoms with Crippen molar-refractivity contribution in [2.75, 3.05) is 20.1 Å². The molecular formula is C11H13FN2O2. The van der Waals surface area contributed by atoms with Crippen molar-refractivity contribution in [3.63, 3.8) is 0 Å². The number of rotatable bonds is 2. The van der Waals surface area contributed by atoms with Gasteiger partial charge in [-0.05, 0) is 24.3 Å². The Balaban J connectivity index is 1.81. The first-order valence-corrected chi connectivity index (χ1v) is 5.08. The summed E-state index contributed by atoms with van der Waals surface area (Å²) < 4.78 is 18.2. The first-order valence-electron chi connectivity index (χ1n) is 5.08. The van der Waals surface area contributed by atoms with Gasteiger partial charge >= 0.3 is 6.03 Å². The predicted molar refractivity (Wildman–Crippen MR) is 56.8 cm³/mol. The van der Waals surface area contributed by atoms with Crippen molar-refractivity contribution in [2.45, 2.75) is 6.10 Å². The first kappa shape index (κ1) is 10.7. The van der Waals surface area contributed by atoms with Crippen LogP contribution in [0.4, 0.5) is 9.18 Å². The lowest BCUT2D eigenvalue weighted by atomic mass is 10.2. The number of hydrogen-bond acceptors (Lipinski definition) is 2. The molecule has 0 saturated carbocycles. The van der Waals surface area contributed by atoms with Crippen LogP contribution in [0.15, 0.2) is 24.3 Å². The van der Waals surface area contributed by atoms with Gasteiger partial charge in [0.1, 0.15) is 17.7 Å². The number of nitrogens with zero attached hydrogens (tertiary/aromatic N) is 1. The van der Waals surface area contributed by atoms with E-state index >= 15 is 0 Å². The maximum absolute atomic E-state index is 12.6. The van der Waals surface area contributed by atoms with Gasteiger partial charge in [0, 0.05) is 7.05 Å². The summed E-state index contributed by atoms with van der Waals surface area (Å²) in [6.07, 6.45) is 0.00256. The molecule has 5 heteroatoms. The van der Waals surface area contributed by atoms with E-state index in [1.54, 1.807) is 24.1 Å². The number of benzene rings is 1. The van der Waals surface area contributed by atoms with Crippen LogP contribution in [0.2, 0.25) is 0 Å². The van der Waals surface area contributed by atoms with Crippen LogP contribution < -0.4 is 10.1 Å². The van der Waals surface area contributed by atoms with Gasteiger partial charge in [-0.3, -0.25) is 0 Å². The summed E-state index contributed by atoms with van der Waals surface area (Å²) in [5, 5.41) is 2.54. The molecule has 4 nitrogen and oxygen atoms in total. The number of amides is 2. The lowest BCUT2D eigenvalue weighted by Crippen LogP contribution is -2.58. The van der Waals surface area contributed by atoms with E-state index in [4.69, 9.17) is 4.74 Å². The lowest BCUT2D eigenvalue weighted by molar-refractivity contribution is 0.0451. The summed E-state index contributed by atoms with van der Waals surface area (Å²) in [6, 6.07) is 5.77. The Morgan fingerprint density at radius 3 is 2.62 bits per heavy atom. The van der Waals surface area contributed by atoms with Crippen LogP contribution in [-0.2, 0) is 0 Å². The maximum Gasteiger partial charge on any atom is 0.317 e. The van der Waals surface area contributed by atoms with E-state index in [0.717, 1.165) is 0 Å². The molecule has 0 unspecified atom stereocenters. The third kappa shape index (κ3) is 2.24. The Hall–Kier alpha value is -1.78. The van der Waals surface area contributed by atoms with Crippen molar-refractivity contribution >= 4 is 6.03 Å². The lowest BCUT2D eigenvalue weighted by Gasteiger charge is -2.38. The minimum Gasteiger partial charge on any atom is -0.487 e. The molecule has 0 aliphatic carbocycles. The van der Waals surface area contributed by atoms with Crippen molar-refractivity contribution in [1.82, 2.24) is 10.2 Å². The fraction of sp³-hybridized carbons (Fsp3) is 0.364. The second-order valence-corrected chi connectivity index (χ2v) is 3.65. The molecule has 0 aromatic heterocycles. The molecule has 1 aliphatic rings. The number of halogens is 1. The van der Waals surface area contributed by atoms with Crippen molar-refractivity contribution in [3.8, 4) is 5.75 Å². The van der Waals surface area contributed by atoms with Gasteiger partial charge in [-0.1, -0.05) is 0 Å². The van der Waals surface area contributed by atoms with Gasteiger partial charge in [-0.2, -0.15) is 0 Å². The summed E-state index contributed by atoms with van der Waals surface area (Å²) in [5.74, 6) is 0.343. The Morgan fingerprint density at radius 2 is 2.06 bits per heavy atom. The van der Waals surface area contributed by atoms with Gasteiger partial charge in [0.25, 0.3) is 0 Å². The highest BCUT2D eigenvalue weighted by molar-refractivity contribution is 5.74. The van der Waals surface area contributed by atoms with Gasteiger partial charge in [-0.15, -0.1) is 0 Å². The normalized spacial score (nSPS) is 15.5. The summed E-state index contributed by atoms with van der Waals surface area (Å²) >= 11 is 0. The standard InChI is InChI=1S/C11H13FN2O2/c1-13-11(15)14-6-10(7-14)16-9-4-2-8(12)3-5-9/h2-5,10H,6-7H2,1H3,(H,13,15). The van der Waals surface area contributed by atoms with E-state index in [9.17, 15) is 9.18 Å². The predicted octanol–water partition coefficient (Wildman–Crippen LogP) is 1.23. The molecule has 1 fully saturated rings. The highest BCUT2D eigenvalue weighted by Gasteiger charge is 2.31. The molecule has 0 atom stereocenters. The van der Waals surface area contributed by atoms with Crippen molar-refractivity contribution in [3.05, 3.63) is 30.1 Å². The van der Waals surface area contributed by atoms with Gasteiger partial charge in [-0.25, -0.2) is 9.18 Å². The van der Waals surface area contributed by atoms with Crippen LogP contribution in [0.3, 0.4) is 0 Å². The average Bonchev–Trinajstić information content (AvgIpc) is 2.24. The van der Waals surface area contributed by atoms with Crippen LogP contribution in [0.1, 0.15) is 0 Å². The third-order valence-corrected chi connectivity index (χ3v) is 2.47. The molecule has 1 aromatic rings. The summed E-state index contributed by atoms with van der Waals surface area (Å²) in [7, 11) is 1.59. The van der Waals surface area contributed by atoms with Gasteiger partial charge in [0.2, 0.25) is 0 Å². The fourth-order valence-corrected chi connectivity index (χ4v) is 1.54. The zero-order valence-corrected chi connectivity index (χ0v) is 8.94. The minimum absolute atomic E-state index is 0.00256. The number of likely N-dealkylation sites (tertiary alicyclic amines) is 1. The van der Waals surface area contributed by atoms with E-state index in [1.807, 2.05) is 0 Å². The van der Waals surface area contributed by atoms with Crippen LogP contribution in [0.5, 0.6) is 5.75 Å². The van der Waals surface area contributed by atoms with Crippen LogP contribution in [0.25, 0.3) is 0 Å². The molecule has 0 bridgehead atoms. The van der Waals surface area contributed by atoms with Crippen LogP contribution >= 0.6 is 0 Å². The van der Waals surface area contributed by atoms with Crippen LogP contribution in [-0.4, -0.2) is 37.2 Å². The first-order chi connectivity index (χ1) is 7.69. The Morgan fingerprint density at radius 1 is 1.44 bits per heavy atom. The molecule has 0 spiro atoms. The van der Waals surface area contributed by atoms with Crippen molar-refractivity contribution in [2.24, 2.45) is 0 Å². The number of carbonyl (C=O) groups is 1. The number of carbonyl (C=O) groups excluding carboxylic acids is 1. The van der Waals surface area contributed by atoms with E-state index in [0.29, 0.717) is 18.8 Å². The quantitative estimate of drug-likeness (QED) is 0.820. The zero-order valence-electron chi connectivity index (χ0n) is 8.94. The molecule has 1 aliphatic heterocycles. The third-order valence-electron chi connectivity index (χ3n) is 2.47. The number of urea groups is 1. The maximum atomic E-state index is 12.6. The van der Waals surface area contributed by atoms with Crippen molar-refractivity contribution in [1.29, 1.82) is 0 Å². The molecule has 16 heavy (non-hydrogen) atoms. The monoisotopic (exact) mass is 224 g/mol. The molecular weight excluding hydrogens is 211 g/mol. The number of ether oxygens (including phenoxy) is 1. The highest BCUT2D eigenvalue weighted by atomic mass is 19.1. The highest BCUT2D eigenvalue weighted by Crippen LogP contribution is 2.18. The summed E-state index contributed by atoms with van der Waals surface area (Å²) in [6.45, 7) is 1.13. The van der Waals surface area contributed by atoms with E-state index in [2.05, 4.69) is 5.32 Å². The molecule has 1 N–H and O–H groups in total. The summed E-state index contributed by atoms with van der Waals surface area (Å²) in [4.78, 5) is 12.8. The summed E-state index contributed by atoms with van der Waals surface area (Å²) in [5.41, 5.74) is 0. The molecule has 1 aromatic carbocycles. The smallest absolute Gasteiger partial charge is 0.317 e. The zero-order chi connectivity index (χ0) is 11.5. The topological polar surface area (TPSA) is 41.6 Å². The number of hydrogen-bond donors (Lipinski definition) is 1. The van der Waals surface area contributed by atoms with Crippen molar-refractivity contribution < 1.29 is 13.9 Å². The number of nitrogens with one attached hydrogen (secondary N) is 1. The molecule has 2 rings (SSSR count). The van der Waals surface area contributed by atoms with E-state index < -0.39 is 0 Å². The van der Waals surface area contributed by atoms with E-state index in [1.165, 1.54) is 12.1 Å². The van der Waals surface area contributed by atoms with E-state index in [-0.39, 0.29) is 18.0 Å². The van der Waals surface area contributed by atoms with Gasteiger partial charge in [0.05, 0.1) is 13.1 Å². The average molecular weight is 224 g/mol. The SMILES string of the molecule is CNC(=O)N1CC(Oc2ccc(F)cc2)C1. The molecule has 1 saturated heterocycles. The largest absolute Gasteiger partial charge is 0.487 e. The second kappa shape index (κ2) is 4.38. The fourth-order valence-electron chi connectivity index (χ4n) is 1.54. The molecule has 1 heterocycles. The van der Waals surface area contributed by atoms with Crippen LogP contribution in [0, 0.1) is 5.82 Å². The molecule has 2 amide bonds. The Bertz CT molecular complexity index is 374. The van der Waals surface area contributed by atoms with Gasteiger partial charge < -0.3 is 15.0 Å². The Kier molecular flexibility index (Phi) is 2.94.